The number of nitrogens with two attached hydrogens (primary N) is 1. The Bertz CT molecular complexity index is 1040. The number of alkyl carbamates (subject to hydrolysis) is 1. The molecule has 0 saturated heterocycles. The maximum Gasteiger partial charge on any atom is 0.408 e. The van der Waals surface area contributed by atoms with Crippen LogP contribution < -0.4 is 16.4 Å². The minimum Gasteiger partial charge on any atom is -0.466 e. The number of primary amides is 1. The summed E-state index contributed by atoms with van der Waals surface area (Å²) in [4.78, 5) is 65.4. The quantitative estimate of drug-likeness (QED) is 0.320. The molecule has 0 spiro atoms. The van der Waals surface area contributed by atoms with Crippen molar-refractivity contribution in [3.05, 3.63) is 34.9 Å². The smallest absolute Gasteiger partial charge is 0.408 e. The molecule has 39 heavy (non-hydrogen) atoms. The first-order valence-corrected chi connectivity index (χ1v) is 13.2. The molecule has 1 aromatic carbocycles. The van der Waals surface area contributed by atoms with Gasteiger partial charge in [-0.25, -0.2) is 4.79 Å². The highest BCUT2D eigenvalue weighted by molar-refractivity contribution is 5.95. The Morgan fingerprint density at radius 1 is 1.08 bits per heavy atom. The van der Waals surface area contributed by atoms with Gasteiger partial charge >= 0.3 is 12.1 Å². The molecule has 0 aliphatic carbocycles. The third-order valence-electron chi connectivity index (χ3n) is 6.12. The van der Waals surface area contributed by atoms with Crippen molar-refractivity contribution >= 4 is 29.8 Å². The second-order valence-corrected chi connectivity index (χ2v) is 10.4. The lowest BCUT2D eigenvalue weighted by Gasteiger charge is -2.38. The van der Waals surface area contributed by atoms with Crippen molar-refractivity contribution in [2.45, 2.75) is 98.4 Å². The summed E-state index contributed by atoms with van der Waals surface area (Å²) < 4.78 is 10.2. The first-order valence-electron chi connectivity index (χ1n) is 13.2. The average molecular weight is 549 g/mol. The van der Waals surface area contributed by atoms with Gasteiger partial charge in [-0.05, 0) is 71.6 Å². The third-order valence-corrected chi connectivity index (χ3v) is 6.12. The normalized spacial score (nSPS) is 13.4. The van der Waals surface area contributed by atoms with E-state index in [0.29, 0.717) is 12.0 Å². The number of esters is 1. The van der Waals surface area contributed by atoms with Crippen LogP contribution >= 0.6 is 0 Å². The Kier molecular flexibility index (Phi) is 12.9. The van der Waals surface area contributed by atoms with Gasteiger partial charge in [-0.3, -0.25) is 19.2 Å². The molecule has 0 radical (unpaired) electrons. The number of nitrogens with zero attached hydrogens (tertiary/aromatic N) is 1. The van der Waals surface area contributed by atoms with Gasteiger partial charge in [-0.1, -0.05) is 25.1 Å². The van der Waals surface area contributed by atoms with Gasteiger partial charge in [-0.2, -0.15) is 0 Å². The van der Waals surface area contributed by atoms with Crippen LogP contribution in [0.25, 0.3) is 0 Å². The number of carbonyl (C=O) groups excluding carboxylic acids is 5. The molecule has 1 rings (SSSR count). The Balaban J connectivity index is 3.55. The Morgan fingerprint density at radius 3 is 2.26 bits per heavy atom. The Labute approximate surface area is 231 Å². The van der Waals surface area contributed by atoms with Crippen LogP contribution in [0.15, 0.2) is 18.2 Å². The van der Waals surface area contributed by atoms with Crippen LogP contribution in [0, 0.1) is 13.8 Å². The molecule has 1 aromatic rings. The van der Waals surface area contributed by atoms with Crippen LogP contribution in [0.3, 0.4) is 0 Å². The number of ether oxygens (including phenoxy) is 2. The fourth-order valence-corrected chi connectivity index (χ4v) is 3.93. The molecule has 4 amide bonds. The van der Waals surface area contributed by atoms with Gasteiger partial charge in [0.2, 0.25) is 17.7 Å². The minimum atomic E-state index is -1.37. The zero-order valence-corrected chi connectivity index (χ0v) is 24.4. The first-order chi connectivity index (χ1) is 18.1. The predicted molar refractivity (Wildman–Crippen MR) is 146 cm³/mol. The number of hydrogen-bond donors (Lipinski definition) is 3. The summed E-state index contributed by atoms with van der Waals surface area (Å²) in [7, 11) is 0. The van der Waals surface area contributed by atoms with Gasteiger partial charge in [0.05, 0.1) is 19.4 Å². The SMILES string of the molecule is CCOC(=O)CCNC(=O)C(c1cccc(C)c1C)N(C(=O)C(CC(N)=O)NC(=O)OC(C)(C)C)C(C)CC. The Morgan fingerprint density at radius 2 is 1.72 bits per heavy atom. The lowest BCUT2D eigenvalue weighted by molar-refractivity contribution is -0.146. The number of carbonyl (C=O) groups is 5. The van der Waals surface area contributed by atoms with Crippen LogP contribution in [0.1, 0.15) is 83.5 Å². The van der Waals surface area contributed by atoms with E-state index in [2.05, 4.69) is 10.6 Å². The standard InChI is InChI=1S/C28H44N4O7/c1-9-18(4)32(26(36)21(16-22(29)33)31-27(37)39-28(6,7)8)24(20-13-11-12-17(3)19(20)5)25(35)30-15-14-23(34)38-10-2/h11-13,18,21,24H,9-10,14-16H2,1-8H3,(H2,29,33)(H,30,35)(H,31,37). The summed E-state index contributed by atoms with van der Waals surface area (Å²) >= 11 is 0. The van der Waals surface area contributed by atoms with Gasteiger partial charge < -0.3 is 30.7 Å². The number of aryl methyl sites for hydroxylation is 1. The van der Waals surface area contributed by atoms with Gasteiger partial charge in [0.15, 0.2) is 0 Å². The monoisotopic (exact) mass is 548 g/mol. The van der Waals surface area contributed by atoms with Crippen molar-refractivity contribution in [3.8, 4) is 0 Å². The highest BCUT2D eigenvalue weighted by Crippen LogP contribution is 2.30. The lowest BCUT2D eigenvalue weighted by atomic mass is 9.93. The van der Waals surface area contributed by atoms with Gasteiger partial charge in [0, 0.05) is 12.6 Å². The number of amides is 4. The molecular formula is C28H44N4O7. The molecule has 0 fully saturated rings. The van der Waals surface area contributed by atoms with E-state index >= 15 is 0 Å². The van der Waals surface area contributed by atoms with E-state index in [0.717, 1.165) is 11.1 Å². The molecule has 0 aliphatic rings. The molecule has 3 atom stereocenters. The molecule has 0 aromatic heterocycles. The van der Waals surface area contributed by atoms with E-state index in [4.69, 9.17) is 15.2 Å². The first kappa shape index (κ1) is 33.4. The van der Waals surface area contributed by atoms with Crippen LogP contribution in [-0.4, -0.2) is 65.5 Å². The van der Waals surface area contributed by atoms with Crippen LogP contribution in [0.2, 0.25) is 0 Å². The largest absolute Gasteiger partial charge is 0.466 e. The number of rotatable bonds is 13. The summed E-state index contributed by atoms with van der Waals surface area (Å²) in [6.07, 6.45) is -0.956. The molecule has 11 nitrogen and oxygen atoms in total. The highest BCUT2D eigenvalue weighted by Gasteiger charge is 2.39. The van der Waals surface area contributed by atoms with Gasteiger partial charge in [0.1, 0.15) is 17.7 Å². The summed E-state index contributed by atoms with van der Waals surface area (Å²) in [5.74, 6) is -2.45. The van der Waals surface area contributed by atoms with Crippen LogP contribution in [0.5, 0.6) is 0 Å². The molecule has 0 aliphatic heterocycles. The molecule has 0 saturated carbocycles. The molecule has 0 heterocycles. The minimum absolute atomic E-state index is 0.00242. The van der Waals surface area contributed by atoms with Gasteiger partial charge in [-0.15, -0.1) is 0 Å². The van der Waals surface area contributed by atoms with Crippen LogP contribution in [-0.2, 0) is 28.7 Å². The zero-order chi connectivity index (χ0) is 29.9. The molecule has 0 bridgehead atoms. The lowest BCUT2D eigenvalue weighted by Crippen LogP contribution is -2.56. The van der Waals surface area contributed by atoms with Crippen LogP contribution in [0.4, 0.5) is 4.79 Å². The summed E-state index contributed by atoms with van der Waals surface area (Å²) in [6, 6.07) is 2.47. The highest BCUT2D eigenvalue weighted by atomic mass is 16.6. The van der Waals surface area contributed by atoms with E-state index in [1.165, 1.54) is 4.90 Å². The predicted octanol–water partition coefficient (Wildman–Crippen LogP) is 2.81. The maximum absolute atomic E-state index is 14.1. The fraction of sp³-hybridized carbons (Fsp3) is 0.607. The fourth-order valence-electron chi connectivity index (χ4n) is 3.93. The topological polar surface area (TPSA) is 157 Å². The van der Waals surface area contributed by atoms with E-state index in [1.807, 2.05) is 26.8 Å². The van der Waals surface area contributed by atoms with E-state index in [1.54, 1.807) is 46.8 Å². The van der Waals surface area contributed by atoms with E-state index in [9.17, 15) is 24.0 Å². The van der Waals surface area contributed by atoms with Crippen molar-refractivity contribution in [2.75, 3.05) is 13.2 Å². The summed E-state index contributed by atoms with van der Waals surface area (Å²) in [6.45, 7) is 14.3. The second-order valence-electron chi connectivity index (χ2n) is 10.4. The van der Waals surface area contributed by atoms with Crippen molar-refractivity contribution in [3.63, 3.8) is 0 Å². The molecule has 3 unspecified atom stereocenters. The van der Waals surface area contributed by atoms with E-state index < -0.39 is 59.9 Å². The Hall–Kier alpha value is -3.63. The molecule has 4 N–H and O–H groups in total. The number of hydrogen-bond acceptors (Lipinski definition) is 7. The molecular weight excluding hydrogens is 504 g/mol. The second kappa shape index (κ2) is 15.1. The van der Waals surface area contributed by atoms with Crippen molar-refractivity contribution in [1.29, 1.82) is 0 Å². The number of nitrogens with one attached hydrogen (secondary N) is 2. The maximum atomic E-state index is 14.1. The number of benzene rings is 1. The van der Waals surface area contributed by atoms with Crippen molar-refractivity contribution in [2.24, 2.45) is 5.73 Å². The zero-order valence-electron chi connectivity index (χ0n) is 24.4. The molecule has 218 valence electrons. The van der Waals surface area contributed by atoms with Crippen molar-refractivity contribution < 1.29 is 33.4 Å². The van der Waals surface area contributed by atoms with E-state index in [-0.39, 0.29) is 19.6 Å². The van der Waals surface area contributed by atoms with Crippen molar-refractivity contribution in [1.82, 2.24) is 15.5 Å². The van der Waals surface area contributed by atoms with Gasteiger partial charge in [0.25, 0.3) is 0 Å². The molecule has 11 heteroatoms. The third kappa shape index (κ3) is 10.6. The summed E-state index contributed by atoms with van der Waals surface area (Å²) in [5, 5.41) is 5.21. The summed E-state index contributed by atoms with van der Waals surface area (Å²) in [5.41, 5.74) is 6.87. The average Bonchev–Trinajstić information content (AvgIpc) is 2.82.